The van der Waals surface area contributed by atoms with Crippen LogP contribution in [0.4, 0.5) is 0 Å². The Bertz CT molecular complexity index is 1340. The van der Waals surface area contributed by atoms with Gasteiger partial charge in [-0.25, -0.2) is 4.79 Å². The lowest BCUT2D eigenvalue weighted by Crippen LogP contribution is -2.48. The summed E-state index contributed by atoms with van der Waals surface area (Å²) in [5, 5.41) is 24.7. The van der Waals surface area contributed by atoms with E-state index < -0.39 is 12.0 Å². The van der Waals surface area contributed by atoms with Gasteiger partial charge in [-0.1, -0.05) is 99.1 Å². The van der Waals surface area contributed by atoms with Crippen molar-refractivity contribution in [3.63, 3.8) is 0 Å². The molecule has 0 saturated heterocycles. The molecule has 0 fully saturated rings. The molecule has 0 spiro atoms. The summed E-state index contributed by atoms with van der Waals surface area (Å²) in [6.45, 7) is 4.20. The number of carboxylic acids is 1. The van der Waals surface area contributed by atoms with Crippen LogP contribution < -0.4 is 0 Å². The molecule has 0 radical (unpaired) electrons. The largest absolute Gasteiger partial charge is 0.480 e. The fourth-order valence-electron chi connectivity index (χ4n) is 4.89. The molecule has 8 heteroatoms. The highest BCUT2D eigenvalue weighted by Crippen LogP contribution is 2.30. The summed E-state index contributed by atoms with van der Waals surface area (Å²) in [7, 11) is 0. The highest BCUT2D eigenvalue weighted by Gasteiger charge is 2.34. The van der Waals surface area contributed by atoms with Gasteiger partial charge in [0.05, 0.1) is 0 Å². The molecule has 3 aromatic carbocycles. The smallest absolute Gasteiger partial charge is 0.326 e. The second-order valence-corrected chi connectivity index (χ2v) is 9.89. The van der Waals surface area contributed by atoms with Crippen LogP contribution in [0, 0.1) is 5.92 Å². The molecule has 0 aliphatic heterocycles. The maximum absolute atomic E-state index is 13.3. The van der Waals surface area contributed by atoms with Crippen LogP contribution in [-0.4, -0.2) is 48.5 Å². The van der Waals surface area contributed by atoms with Crippen LogP contribution in [-0.2, 0) is 22.6 Å². The number of tetrazole rings is 1. The summed E-state index contributed by atoms with van der Waals surface area (Å²) in [6.07, 6.45) is 3.37. The standard InChI is InChI=1S/C31H35N5O3/c1-3-4-14-28(37)36(29(31(38)39)22(2)15-16-23-10-6-5-7-11-23)21-24-17-19-25(20-18-24)26-12-8-9-13-27(26)30-32-34-35-33-30/h5-13,17-20,22,29H,3-4,14-16,21H2,1-2H3,(H,38,39)(H,32,33,34,35)/t22?,29-/m0/s1. The monoisotopic (exact) mass is 525 g/mol. The molecule has 1 aromatic heterocycles. The summed E-state index contributed by atoms with van der Waals surface area (Å²) in [4.78, 5) is 27.4. The number of hydrogen-bond donors (Lipinski definition) is 2. The Kier molecular flexibility index (Phi) is 9.56. The Labute approximate surface area is 229 Å². The predicted octanol–water partition coefficient (Wildman–Crippen LogP) is 5.77. The third-order valence-corrected chi connectivity index (χ3v) is 7.05. The van der Waals surface area contributed by atoms with Crippen molar-refractivity contribution in [2.45, 2.75) is 58.5 Å². The summed E-state index contributed by atoms with van der Waals surface area (Å²) >= 11 is 0. The number of amides is 1. The van der Waals surface area contributed by atoms with E-state index in [-0.39, 0.29) is 18.4 Å². The van der Waals surface area contributed by atoms with Crippen molar-refractivity contribution in [1.29, 1.82) is 0 Å². The van der Waals surface area contributed by atoms with Crippen molar-refractivity contribution in [1.82, 2.24) is 25.5 Å². The molecule has 0 saturated carbocycles. The van der Waals surface area contributed by atoms with E-state index in [0.29, 0.717) is 18.7 Å². The third-order valence-electron chi connectivity index (χ3n) is 7.05. The quantitative estimate of drug-likeness (QED) is 0.229. The van der Waals surface area contributed by atoms with Gasteiger partial charge in [0.1, 0.15) is 6.04 Å². The Balaban J connectivity index is 1.56. The lowest BCUT2D eigenvalue weighted by molar-refractivity contribution is -0.153. The first-order valence-corrected chi connectivity index (χ1v) is 13.5. The van der Waals surface area contributed by atoms with Gasteiger partial charge < -0.3 is 10.0 Å². The topological polar surface area (TPSA) is 112 Å². The van der Waals surface area contributed by atoms with E-state index in [0.717, 1.165) is 47.1 Å². The number of aliphatic carboxylic acids is 1. The van der Waals surface area contributed by atoms with Crippen molar-refractivity contribution in [3.05, 3.63) is 90.0 Å². The molecule has 2 atom stereocenters. The van der Waals surface area contributed by atoms with E-state index in [1.54, 1.807) is 4.90 Å². The van der Waals surface area contributed by atoms with Crippen molar-refractivity contribution in [2.75, 3.05) is 0 Å². The van der Waals surface area contributed by atoms with Crippen LogP contribution in [0.5, 0.6) is 0 Å². The van der Waals surface area contributed by atoms with E-state index in [1.165, 1.54) is 0 Å². The van der Waals surface area contributed by atoms with Crippen molar-refractivity contribution >= 4 is 11.9 Å². The maximum atomic E-state index is 13.3. The zero-order valence-corrected chi connectivity index (χ0v) is 22.5. The van der Waals surface area contributed by atoms with E-state index in [4.69, 9.17) is 0 Å². The van der Waals surface area contributed by atoms with Gasteiger partial charge in [-0.3, -0.25) is 4.79 Å². The number of carbonyl (C=O) groups is 2. The molecular formula is C31H35N5O3. The van der Waals surface area contributed by atoms with Gasteiger partial charge in [0.15, 0.2) is 0 Å². The van der Waals surface area contributed by atoms with E-state index in [1.807, 2.05) is 92.7 Å². The highest BCUT2D eigenvalue weighted by molar-refractivity contribution is 5.84. The minimum absolute atomic E-state index is 0.123. The predicted molar refractivity (Wildman–Crippen MR) is 150 cm³/mol. The van der Waals surface area contributed by atoms with Crippen LogP contribution in [0.3, 0.4) is 0 Å². The number of hydrogen-bond acceptors (Lipinski definition) is 5. The van der Waals surface area contributed by atoms with Gasteiger partial charge in [-0.05, 0) is 52.6 Å². The molecule has 1 heterocycles. The Morgan fingerprint density at radius 3 is 2.26 bits per heavy atom. The molecule has 8 nitrogen and oxygen atoms in total. The fourth-order valence-corrected chi connectivity index (χ4v) is 4.89. The van der Waals surface area contributed by atoms with Crippen molar-refractivity contribution in [2.24, 2.45) is 5.92 Å². The van der Waals surface area contributed by atoms with E-state index in [9.17, 15) is 14.7 Å². The number of aryl methyl sites for hydroxylation is 1. The first-order chi connectivity index (χ1) is 19.0. The number of carboxylic acid groups (broad SMARTS) is 1. The molecule has 39 heavy (non-hydrogen) atoms. The number of nitrogens with zero attached hydrogens (tertiary/aromatic N) is 4. The maximum Gasteiger partial charge on any atom is 0.326 e. The van der Waals surface area contributed by atoms with Crippen molar-refractivity contribution < 1.29 is 14.7 Å². The first kappa shape index (κ1) is 27.7. The fraction of sp³-hybridized carbons (Fsp3) is 0.323. The van der Waals surface area contributed by atoms with Gasteiger partial charge in [0.2, 0.25) is 11.7 Å². The number of nitrogens with one attached hydrogen (secondary N) is 1. The number of aromatic amines is 1. The Morgan fingerprint density at radius 1 is 0.923 bits per heavy atom. The first-order valence-electron chi connectivity index (χ1n) is 13.5. The van der Waals surface area contributed by atoms with Gasteiger partial charge in [-0.15, -0.1) is 10.2 Å². The molecule has 0 bridgehead atoms. The van der Waals surface area contributed by atoms with Crippen molar-refractivity contribution in [3.8, 4) is 22.5 Å². The van der Waals surface area contributed by atoms with E-state index in [2.05, 4.69) is 20.6 Å². The van der Waals surface area contributed by atoms with Crippen LogP contribution in [0.15, 0.2) is 78.9 Å². The van der Waals surface area contributed by atoms with Gasteiger partial charge in [0, 0.05) is 18.5 Å². The molecule has 4 rings (SSSR count). The molecule has 4 aromatic rings. The number of unbranched alkanes of at least 4 members (excludes halogenated alkanes) is 1. The number of rotatable bonds is 13. The number of aromatic nitrogens is 4. The summed E-state index contributed by atoms with van der Waals surface area (Å²) in [6, 6.07) is 24.8. The molecule has 202 valence electrons. The highest BCUT2D eigenvalue weighted by atomic mass is 16.4. The molecule has 1 amide bonds. The SMILES string of the molecule is CCCCC(=O)N(Cc1ccc(-c2ccccc2-c2nn[nH]n2)cc1)[C@H](C(=O)O)C(C)CCc1ccccc1. The Morgan fingerprint density at radius 2 is 1.62 bits per heavy atom. The Hall–Kier alpha value is -4.33. The van der Waals surface area contributed by atoms with Crippen LogP contribution >= 0.6 is 0 Å². The van der Waals surface area contributed by atoms with Gasteiger partial charge >= 0.3 is 5.97 Å². The zero-order chi connectivity index (χ0) is 27.6. The van der Waals surface area contributed by atoms with Crippen LogP contribution in [0.1, 0.15) is 50.7 Å². The second-order valence-electron chi connectivity index (χ2n) is 9.89. The average Bonchev–Trinajstić information content (AvgIpc) is 3.50. The number of benzene rings is 3. The lowest BCUT2D eigenvalue weighted by Gasteiger charge is -2.33. The minimum Gasteiger partial charge on any atom is -0.480 e. The third kappa shape index (κ3) is 7.16. The number of H-pyrrole nitrogens is 1. The van der Waals surface area contributed by atoms with Crippen LogP contribution in [0.25, 0.3) is 22.5 Å². The lowest BCUT2D eigenvalue weighted by atomic mass is 9.92. The molecule has 2 N–H and O–H groups in total. The second kappa shape index (κ2) is 13.5. The summed E-state index contributed by atoms with van der Waals surface area (Å²) < 4.78 is 0. The molecule has 1 unspecified atom stereocenters. The minimum atomic E-state index is -0.967. The zero-order valence-electron chi connectivity index (χ0n) is 22.5. The molecule has 0 aliphatic carbocycles. The van der Waals surface area contributed by atoms with E-state index >= 15 is 0 Å². The van der Waals surface area contributed by atoms with Gasteiger partial charge in [0.25, 0.3) is 0 Å². The molecular weight excluding hydrogens is 490 g/mol. The van der Waals surface area contributed by atoms with Crippen LogP contribution in [0.2, 0.25) is 0 Å². The normalized spacial score (nSPS) is 12.6. The van der Waals surface area contributed by atoms with Gasteiger partial charge in [-0.2, -0.15) is 5.21 Å². The summed E-state index contributed by atoms with van der Waals surface area (Å²) in [5.74, 6) is -0.793. The number of carbonyl (C=O) groups excluding carboxylic acids is 1. The molecule has 0 aliphatic rings. The average molecular weight is 526 g/mol. The summed E-state index contributed by atoms with van der Waals surface area (Å²) in [5.41, 5.74) is 4.82.